The van der Waals surface area contributed by atoms with Gasteiger partial charge in [0, 0.05) is 15.7 Å². The van der Waals surface area contributed by atoms with Gasteiger partial charge in [-0.1, -0.05) is 28.1 Å². The summed E-state index contributed by atoms with van der Waals surface area (Å²) >= 11 is 3.34. The Bertz CT molecular complexity index is 1070. The van der Waals surface area contributed by atoms with Crippen LogP contribution >= 0.6 is 15.9 Å². The second-order valence-electron chi connectivity index (χ2n) is 6.54. The zero-order valence-corrected chi connectivity index (χ0v) is 16.8. The maximum atomic E-state index is 13.2. The Kier molecular flexibility index (Phi) is 5.31. The number of anilines is 2. The second-order valence-corrected chi connectivity index (χ2v) is 7.45. The van der Waals surface area contributed by atoms with Crippen molar-refractivity contribution in [3.8, 4) is 5.75 Å². The van der Waals surface area contributed by atoms with Gasteiger partial charge in [0.15, 0.2) is 6.61 Å². The minimum atomic E-state index is -0.333. The van der Waals surface area contributed by atoms with Crippen molar-refractivity contribution < 1.29 is 18.7 Å². The summed E-state index contributed by atoms with van der Waals surface area (Å²) in [5.41, 5.74) is 2.40. The number of nitrogens with one attached hydrogen (secondary N) is 1. The minimum absolute atomic E-state index is 0.0706. The third kappa shape index (κ3) is 4.30. The standard InChI is InChI=1S/C22H16BrFN2O3/c23-16-5-3-15(4-6-16)22(28)25-18-9-10-20-19(11-18)26(21(27)13-29-20)12-14-1-7-17(24)8-2-14/h1-11H,12-13H2,(H,25,28). The van der Waals surface area contributed by atoms with Crippen LogP contribution in [0.3, 0.4) is 0 Å². The molecule has 0 saturated carbocycles. The molecule has 3 aromatic carbocycles. The molecule has 1 N–H and O–H groups in total. The van der Waals surface area contributed by atoms with Crippen LogP contribution in [-0.2, 0) is 11.3 Å². The largest absolute Gasteiger partial charge is 0.482 e. The fourth-order valence-electron chi connectivity index (χ4n) is 3.03. The summed E-state index contributed by atoms with van der Waals surface area (Å²) in [6.07, 6.45) is 0. The van der Waals surface area contributed by atoms with E-state index in [2.05, 4.69) is 21.2 Å². The lowest BCUT2D eigenvalue weighted by molar-refractivity contribution is -0.121. The summed E-state index contributed by atoms with van der Waals surface area (Å²) in [5.74, 6) is -0.252. The van der Waals surface area contributed by atoms with E-state index >= 15 is 0 Å². The number of amides is 2. The Balaban J connectivity index is 1.59. The molecule has 1 heterocycles. The zero-order chi connectivity index (χ0) is 20.4. The van der Waals surface area contributed by atoms with Crippen molar-refractivity contribution in [2.45, 2.75) is 6.54 Å². The summed E-state index contributed by atoms with van der Waals surface area (Å²) in [5, 5.41) is 2.84. The van der Waals surface area contributed by atoms with Gasteiger partial charge in [-0.15, -0.1) is 0 Å². The van der Waals surface area contributed by atoms with Crippen molar-refractivity contribution >= 4 is 39.1 Å². The SMILES string of the molecule is O=C(Nc1ccc2c(c1)N(Cc1ccc(F)cc1)C(=O)CO2)c1ccc(Br)cc1. The molecular formula is C22H16BrFN2O3. The minimum Gasteiger partial charge on any atom is -0.482 e. The Morgan fingerprint density at radius 3 is 2.52 bits per heavy atom. The fourth-order valence-corrected chi connectivity index (χ4v) is 3.29. The van der Waals surface area contributed by atoms with E-state index in [9.17, 15) is 14.0 Å². The number of nitrogens with zero attached hydrogens (tertiary/aromatic N) is 1. The number of ether oxygens (including phenoxy) is 1. The van der Waals surface area contributed by atoms with Crippen LogP contribution in [0.15, 0.2) is 71.2 Å². The number of hydrogen-bond acceptors (Lipinski definition) is 3. The summed E-state index contributed by atoms with van der Waals surface area (Å²) in [6.45, 7) is 0.207. The van der Waals surface area contributed by atoms with Gasteiger partial charge in [0.25, 0.3) is 11.8 Å². The highest BCUT2D eigenvalue weighted by Gasteiger charge is 2.26. The molecule has 29 heavy (non-hydrogen) atoms. The summed E-state index contributed by atoms with van der Waals surface area (Å²) in [6, 6.07) is 18.1. The molecule has 0 radical (unpaired) electrons. The Morgan fingerprint density at radius 1 is 1.07 bits per heavy atom. The van der Waals surface area contributed by atoms with E-state index < -0.39 is 0 Å². The first-order chi connectivity index (χ1) is 14.0. The van der Waals surface area contributed by atoms with E-state index in [4.69, 9.17) is 4.74 Å². The number of hydrogen-bond donors (Lipinski definition) is 1. The molecule has 4 rings (SSSR count). The van der Waals surface area contributed by atoms with Gasteiger partial charge in [0.2, 0.25) is 0 Å². The molecule has 5 nitrogen and oxygen atoms in total. The molecule has 1 aliphatic rings. The lowest BCUT2D eigenvalue weighted by Gasteiger charge is -2.30. The third-order valence-electron chi connectivity index (χ3n) is 4.52. The fraction of sp³-hybridized carbons (Fsp3) is 0.0909. The molecule has 7 heteroatoms. The first kappa shape index (κ1) is 19.1. The lowest BCUT2D eigenvalue weighted by atomic mass is 10.1. The van der Waals surface area contributed by atoms with Crippen molar-refractivity contribution in [1.82, 2.24) is 0 Å². The van der Waals surface area contributed by atoms with Gasteiger partial charge in [-0.25, -0.2) is 4.39 Å². The van der Waals surface area contributed by atoms with E-state index in [0.717, 1.165) is 10.0 Å². The van der Waals surface area contributed by atoms with Crippen molar-refractivity contribution in [2.75, 3.05) is 16.8 Å². The van der Waals surface area contributed by atoms with Crippen LogP contribution in [0.2, 0.25) is 0 Å². The van der Waals surface area contributed by atoms with Crippen molar-refractivity contribution in [1.29, 1.82) is 0 Å². The summed E-state index contributed by atoms with van der Waals surface area (Å²) < 4.78 is 19.6. The number of benzene rings is 3. The van der Waals surface area contributed by atoms with Gasteiger partial charge >= 0.3 is 0 Å². The number of halogens is 2. The molecule has 146 valence electrons. The van der Waals surface area contributed by atoms with Crippen LogP contribution in [0.5, 0.6) is 5.75 Å². The number of carbonyl (C=O) groups excluding carboxylic acids is 2. The highest BCUT2D eigenvalue weighted by Crippen LogP contribution is 2.35. The van der Waals surface area contributed by atoms with Crippen LogP contribution < -0.4 is 15.0 Å². The molecule has 0 atom stereocenters. The molecule has 0 unspecified atom stereocenters. The average molecular weight is 455 g/mol. The van der Waals surface area contributed by atoms with Crippen molar-refractivity contribution in [3.05, 3.63) is 88.1 Å². The average Bonchev–Trinajstić information content (AvgIpc) is 2.72. The number of fused-ring (bicyclic) bond motifs is 1. The summed E-state index contributed by atoms with van der Waals surface area (Å²) in [7, 11) is 0. The molecule has 0 aromatic heterocycles. The van der Waals surface area contributed by atoms with Crippen LogP contribution in [0, 0.1) is 5.82 Å². The zero-order valence-electron chi connectivity index (χ0n) is 15.2. The van der Waals surface area contributed by atoms with E-state index in [1.807, 2.05) is 0 Å². The molecule has 3 aromatic rings. The monoisotopic (exact) mass is 454 g/mol. The normalized spacial score (nSPS) is 12.9. The van der Waals surface area contributed by atoms with Gasteiger partial charge in [-0.05, 0) is 60.2 Å². The van der Waals surface area contributed by atoms with Gasteiger partial charge < -0.3 is 15.0 Å². The van der Waals surface area contributed by atoms with Gasteiger partial charge in [-0.3, -0.25) is 9.59 Å². The van der Waals surface area contributed by atoms with Gasteiger partial charge in [0.05, 0.1) is 12.2 Å². The van der Waals surface area contributed by atoms with Gasteiger partial charge in [-0.2, -0.15) is 0 Å². The first-order valence-electron chi connectivity index (χ1n) is 8.88. The number of rotatable bonds is 4. The second kappa shape index (κ2) is 8.05. The molecule has 0 aliphatic carbocycles. The highest BCUT2D eigenvalue weighted by atomic mass is 79.9. The Hall–Kier alpha value is -3.19. The van der Waals surface area contributed by atoms with E-state index in [1.54, 1.807) is 59.5 Å². The smallest absolute Gasteiger partial charge is 0.265 e. The van der Waals surface area contributed by atoms with Crippen LogP contribution in [0.1, 0.15) is 15.9 Å². The van der Waals surface area contributed by atoms with Gasteiger partial charge in [0.1, 0.15) is 11.6 Å². The maximum absolute atomic E-state index is 13.2. The molecule has 0 spiro atoms. The van der Waals surface area contributed by atoms with Crippen molar-refractivity contribution in [3.63, 3.8) is 0 Å². The molecule has 0 saturated heterocycles. The molecule has 0 bridgehead atoms. The third-order valence-corrected chi connectivity index (χ3v) is 5.05. The van der Waals surface area contributed by atoms with Crippen LogP contribution in [-0.4, -0.2) is 18.4 Å². The van der Waals surface area contributed by atoms with E-state index in [-0.39, 0.29) is 30.8 Å². The summed E-state index contributed by atoms with van der Waals surface area (Å²) in [4.78, 5) is 26.5. The van der Waals surface area contributed by atoms with E-state index in [1.165, 1.54) is 12.1 Å². The molecule has 0 fully saturated rings. The maximum Gasteiger partial charge on any atom is 0.265 e. The van der Waals surface area contributed by atoms with E-state index in [0.29, 0.717) is 22.7 Å². The predicted molar refractivity (Wildman–Crippen MR) is 112 cm³/mol. The topological polar surface area (TPSA) is 58.6 Å². The van der Waals surface area contributed by atoms with Crippen LogP contribution in [0.4, 0.5) is 15.8 Å². The first-order valence-corrected chi connectivity index (χ1v) is 9.67. The molecule has 2 amide bonds. The number of carbonyl (C=O) groups is 2. The Morgan fingerprint density at radius 2 is 1.79 bits per heavy atom. The Labute approximate surface area is 175 Å². The van der Waals surface area contributed by atoms with Crippen molar-refractivity contribution in [2.24, 2.45) is 0 Å². The van der Waals surface area contributed by atoms with Crippen LogP contribution in [0.25, 0.3) is 0 Å². The predicted octanol–water partition coefficient (Wildman–Crippen LogP) is 4.77. The lowest BCUT2D eigenvalue weighted by Crippen LogP contribution is -2.38. The highest BCUT2D eigenvalue weighted by molar-refractivity contribution is 9.10. The quantitative estimate of drug-likeness (QED) is 0.617. The molecular weight excluding hydrogens is 439 g/mol. The molecule has 1 aliphatic heterocycles.